The highest BCUT2D eigenvalue weighted by Gasteiger charge is 2.12. The summed E-state index contributed by atoms with van der Waals surface area (Å²) in [4.78, 5) is 9.45. The van der Waals surface area contributed by atoms with Crippen LogP contribution in [0.4, 0.5) is 0 Å². The first-order chi connectivity index (χ1) is 9.85. The third-order valence-corrected chi connectivity index (χ3v) is 4.75. The van der Waals surface area contributed by atoms with Gasteiger partial charge in [-0.1, -0.05) is 12.8 Å². The van der Waals surface area contributed by atoms with Crippen LogP contribution in [0.1, 0.15) is 36.4 Å². The monoisotopic (exact) mass is 291 g/mol. The van der Waals surface area contributed by atoms with Crippen LogP contribution in [0.3, 0.4) is 0 Å². The molecule has 3 N–H and O–H groups in total. The van der Waals surface area contributed by atoms with Crippen LogP contribution in [0.25, 0.3) is 10.7 Å². The van der Waals surface area contributed by atoms with Crippen LogP contribution in [0.2, 0.25) is 0 Å². The van der Waals surface area contributed by atoms with Crippen molar-refractivity contribution < 1.29 is 0 Å². The lowest BCUT2D eigenvalue weighted by atomic mass is 10.2. The number of aromatic nitrogens is 3. The quantitative estimate of drug-likeness (QED) is 0.907. The average molecular weight is 291 g/mol. The summed E-state index contributed by atoms with van der Waals surface area (Å²) in [6.07, 6.45) is 5.43. The van der Waals surface area contributed by atoms with E-state index in [9.17, 15) is 0 Å². The highest BCUT2D eigenvalue weighted by molar-refractivity contribution is 7.15. The Balaban J connectivity index is 1.66. The normalized spacial score (nSPS) is 17.2. The Morgan fingerprint density at radius 2 is 2.00 bits per heavy atom. The first kappa shape index (κ1) is 13.7. The summed E-state index contributed by atoms with van der Waals surface area (Å²) in [7, 11) is 0. The number of nitrogens with one attached hydrogen (secondary N) is 1. The zero-order chi connectivity index (χ0) is 13.8. The average Bonchev–Trinajstić information content (AvgIpc) is 3.04. The predicted octanol–water partition coefficient (Wildman–Crippen LogP) is 2.37. The molecule has 6 heteroatoms. The molecule has 1 saturated heterocycles. The number of likely N-dealkylation sites (tertiary alicyclic amines) is 1. The lowest BCUT2D eigenvalue weighted by molar-refractivity contribution is 0.279. The molecule has 3 heterocycles. The number of hydrogen-bond donors (Lipinski definition) is 2. The minimum Gasteiger partial charge on any atom is -0.324 e. The van der Waals surface area contributed by atoms with Crippen molar-refractivity contribution in [2.45, 2.75) is 38.8 Å². The van der Waals surface area contributed by atoms with Crippen LogP contribution >= 0.6 is 11.3 Å². The number of nitrogens with two attached hydrogens (primary N) is 1. The fraction of sp³-hybridized carbons (Fsp3) is 0.571. The van der Waals surface area contributed by atoms with Gasteiger partial charge in [0.2, 0.25) is 0 Å². The van der Waals surface area contributed by atoms with Crippen molar-refractivity contribution in [1.82, 2.24) is 20.1 Å². The van der Waals surface area contributed by atoms with Crippen LogP contribution in [0, 0.1) is 0 Å². The molecule has 0 unspecified atom stereocenters. The van der Waals surface area contributed by atoms with Crippen molar-refractivity contribution in [3.63, 3.8) is 0 Å². The van der Waals surface area contributed by atoms with E-state index >= 15 is 0 Å². The van der Waals surface area contributed by atoms with Gasteiger partial charge in [0.05, 0.1) is 11.4 Å². The summed E-state index contributed by atoms with van der Waals surface area (Å²) in [5, 5.41) is 7.08. The summed E-state index contributed by atoms with van der Waals surface area (Å²) in [6, 6.07) is 4.31. The fourth-order valence-electron chi connectivity index (χ4n) is 2.59. The maximum Gasteiger partial charge on any atom is 0.191 e. The molecule has 2 aromatic rings. The molecule has 5 nitrogen and oxygen atoms in total. The van der Waals surface area contributed by atoms with E-state index in [1.165, 1.54) is 43.6 Å². The SMILES string of the molecule is NCc1nc(-c2ccc(CN3CCCCCC3)s2)n[nH]1. The maximum absolute atomic E-state index is 5.55. The second-order valence-electron chi connectivity index (χ2n) is 5.27. The molecule has 0 atom stereocenters. The summed E-state index contributed by atoms with van der Waals surface area (Å²) in [6.45, 7) is 3.91. The highest BCUT2D eigenvalue weighted by atomic mass is 32.1. The van der Waals surface area contributed by atoms with E-state index in [2.05, 4.69) is 32.2 Å². The summed E-state index contributed by atoms with van der Waals surface area (Å²) < 4.78 is 0. The van der Waals surface area contributed by atoms with Gasteiger partial charge in [0.15, 0.2) is 5.82 Å². The van der Waals surface area contributed by atoms with Gasteiger partial charge in [-0.2, -0.15) is 5.10 Å². The van der Waals surface area contributed by atoms with Crippen LogP contribution in [-0.2, 0) is 13.1 Å². The van der Waals surface area contributed by atoms with E-state index in [0.29, 0.717) is 6.54 Å². The molecular formula is C14H21N5S. The van der Waals surface area contributed by atoms with Gasteiger partial charge in [0, 0.05) is 11.4 Å². The van der Waals surface area contributed by atoms with Gasteiger partial charge in [-0.05, 0) is 38.1 Å². The molecule has 0 amide bonds. The zero-order valence-electron chi connectivity index (χ0n) is 11.6. The molecule has 1 aliphatic rings. The molecule has 0 saturated carbocycles. The Hall–Kier alpha value is -1.24. The molecule has 0 spiro atoms. The first-order valence-electron chi connectivity index (χ1n) is 7.28. The second-order valence-corrected chi connectivity index (χ2v) is 6.43. The van der Waals surface area contributed by atoms with E-state index in [1.54, 1.807) is 11.3 Å². The van der Waals surface area contributed by atoms with Gasteiger partial charge in [0.1, 0.15) is 5.82 Å². The molecule has 2 aromatic heterocycles. The Labute approximate surface area is 123 Å². The van der Waals surface area contributed by atoms with Gasteiger partial charge in [-0.3, -0.25) is 10.00 Å². The summed E-state index contributed by atoms with van der Waals surface area (Å²) >= 11 is 1.78. The van der Waals surface area contributed by atoms with Crippen LogP contribution in [-0.4, -0.2) is 33.2 Å². The lowest BCUT2D eigenvalue weighted by Gasteiger charge is -2.18. The lowest BCUT2D eigenvalue weighted by Crippen LogP contribution is -2.23. The maximum atomic E-state index is 5.55. The summed E-state index contributed by atoms with van der Waals surface area (Å²) in [5.41, 5.74) is 5.55. The third-order valence-electron chi connectivity index (χ3n) is 3.69. The van der Waals surface area contributed by atoms with Crippen molar-refractivity contribution in [2.75, 3.05) is 13.1 Å². The molecule has 20 heavy (non-hydrogen) atoms. The van der Waals surface area contributed by atoms with Crippen molar-refractivity contribution in [1.29, 1.82) is 0 Å². The number of aromatic amines is 1. The molecule has 0 aromatic carbocycles. The van der Waals surface area contributed by atoms with Crippen LogP contribution in [0.5, 0.6) is 0 Å². The van der Waals surface area contributed by atoms with Crippen LogP contribution < -0.4 is 5.73 Å². The zero-order valence-corrected chi connectivity index (χ0v) is 12.5. The second kappa shape index (κ2) is 6.47. The van der Waals surface area contributed by atoms with Gasteiger partial charge in [-0.15, -0.1) is 11.3 Å². The standard InChI is InChI=1S/C14H21N5S/c15-9-13-16-14(18-17-13)12-6-5-11(20-12)10-19-7-3-1-2-4-8-19/h5-6H,1-4,7-10,15H2,(H,16,17,18). The first-order valence-corrected chi connectivity index (χ1v) is 8.09. The van der Waals surface area contributed by atoms with Crippen molar-refractivity contribution in [2.24, 2.45) is 5.73 Å². The van der Waals surface area contributed by atoms with E-state index in [-0.39, 0.29) is 0 Å². The topological polar surface area (TPSA) is 70.8 Å². The fourth-order valence-corrected chi connectivity index (χ4v) is 3.58. The third kappa shape index (κ3) is 3.26. The van der Waals surface area contributed by atoms with Crippen LogP contribution in [0.15, 0.2) is 12.1 Å². The van der Waals surface area contributed by atoms with Crippen molar-refractivity contribution >= 4 is 11.3 Å². The van der Waals surface area contributed by atoms with Crippen molar-refractivity contribution in [3.8, 4) is 10.7 Å². The molecule has 0 radical (unpaired) electrons. The molecule has 0 aliphatic carbocycles. The molecule has 1 fully saturated rings. The minimum atomic E-state index is 0.402. The number of H-pyrrole nitrogens is 1. The Morgan fingerprint density at radius 3 is 2.70 bits per heavy atom. The Bertz CT molecular complexity index is 539. The molecule has 3 rings (SSSR count). The summed E-state index contributed by atoms with van der Waals surface area (Å²) in [5.74, 6) is 1.50. The van der Waals surface area contributed by atoms with Gasteiger partial charge >= 0.3 is 0 Å². The minimum absolute atomic E-state index is 0.402. The van der Waals surface area contributed by atoms with E-state index < -0.39 is 0 Å². The van der Waals surface area contributed by atoms with E-state index in [0.717, 1.165) is 23.1 Å². The number of hydrogen-bond acceptors (Lipinski definition) is 5. The van der Waals surface area contributed by atoms with E-state index in [4.69, 9.17) is 5.73 Å². The molecule has 0 bridgehead atoms. The largest absolute Gasteiger partial charge is 0.324 e. The Morgan fingerprint density at radius 1 is 1.20 bits per heavy atom. The van der Waals surface area contributed by atoms with Gasteiger partial charge < -0.3 is 5.73 Å². The smallest absolute Gasteiger partial charge is 0.191 e. The van der Waals surface area contributed by atoms with Gasteiger partial charge in [-0.25, -0.2) is 4.98 Å². The molecule has 108 valence electrons. The predicted molar refractivity (Wildman–Crippen MR) is 81.3 cm³/mol. The number of nitrogens with zero attached hydrogens (tertiary/aromatic N) is 3. The number of thiophene rings is 1. The molecule has 1 aliphatic heterocycles. The molecular weight excluding hydrogens is 270 g/mol. The van der Waals surface area contributed by atoms with Crippen molar-refractivity contribution in [3.05, 3.63) is 22.8 Å². The Kier molecular flexibility index (Phi) is 4.44. The number of rotatable bonds is 4. The highest BCUT2D eigenvalue weighted by Crippen LogP contribution is 2.26. The van der Waals surface area contributed by atoms with E-state index in [1.807, 2.05) is 0 Å². The van der Waals surface area contributed by atoms with Gasteiger partial charge in [0.25, 0.3) is 0 Å².